The van der Waals surface area contributed by atoms with Crippen LogP contribution in [0.4, 0.5) is 0 Å². The van der Waals surface area contributed by atoms with Crippen molar-refractivity contribution in [1.82, 2.24) is 10.6 Å². The molecule has 0 spiro atoms. The van der Waals surface area contributed by atoms with Gasteiger partial charge in [0.25, 0.3) is 5.91 Å². The summed E-state index contributed by atoms with van der Waals surface area (Å²) in [7, 11) is 1.59. The maximum atomic E-state index is 12.5. The number of nitrogens with zero attached hydrogens (tertiary/aromatic N) is 1. The summed E-state index contributed by atoms with van der Waals surface area (Å²) < 4.78 is 11.4. The first-order chi connectivity index (χ1) is 24.7. The molecular formula is C42H43ClN4O4. The van der Waals surface area contributed by atoms with E-state index in [4.69, 9.17) is 26.8 Å². The van der Waals surface area contributed by atoms with Crippen LogP contribution in [0.25, 0.3) is 11.1 Å². The van der Waals surface area contributed by atoms with Crippen LogP contribution in [0.2, 0.25) is 5.02 Å². The molecule has 2 amide bonds. The molecule has 4 N–H and O–H groups in total. The number of ether oxygens (including phenoxy) is 2. The van der Waals surface area contributed by atoms with Gasteiger partial charge in [0.2, 0.25) is 5.91 Å². The molecule has 2 unspecified atom stereocenters. The van der Waals surface area contributed by atoms with E-state index in [-0.39, 0.29) is 17.9 Å². The molecule has 0 saturated carbocycles. The predicted octanol–water partition coefficient (Wildman–Crippen LogP) is 7.16. The van der Waals surface area contributed by atoms with Gasteiger partial charge in [-0.1, -0.05) is 109 Å². The van der Waals surface area contributed by atoms with Gasteiger partial charge < -0.3 is 25.8 Å². The molecule has 51 heavy (non-hydrogen) atoms. The summed E-state index contributed by atoms with van der Waals surface area (Å²) in [6.07, 6.45) is 1.10. The fraction of sp³-hybridized carbons (Fsp3) is 0.214. The smallest absolute Gasteiger partial charge is 0.250 e. The van der Waals surface area contributed by atoms with Gasteiger partial charge in [0.15, 0.2) is 0 Å². The van der Waals surface area contributed by atoms with Crippen LogP contribution in [0.1, 0.15) is 36.1 Å². The van der Waals surface area contributed by atoms with Gasteiger partial charge in [-0.25, -0.2) is 0 Å². The quantitative estimate of drug-likeness (QED) is 0.128. The van der Waals surface area contributed by atoms with Gasteiger partial charge in [0.1, 0.15) is 30.0 Å². The third-order valence-electron chi connectivity index (χ3n) is 8.10. The average Bonchev–Trinajstić information content (AvgIpc) is 3.52. The Kier molecular flexibility index (Phi) is 13.0. The lowest BCUT2D eigenvalue weighted by Gasteiger charge is -2.12. The minimum atomic E-state index is -0.522. The van der Waals surface area contributed by atoms with Crippen LogP contribution in [0.5, 0.6) is 11.5 Å². The molecule has 1 heterocycles. The van der Waals surface area contributed by atoms with Gasteiger partial charge in [-0.15, -0.1) is 0 Å². The minimum absolute atomic E-state index is 0.0366. The van der Waals surface area contributed by atoms with Gasteiger partial charge in [-0.3, -0.25) is 14.6 Å². The number of rotatable bonds is 12. The first-order valence-electron chi connectivity index (χ1n) is 16.9. The van der Waals surface area contributed by atoms with Crippen molar-refractivity contribution < 1.29 is 19.1 Å². The highest BCUT2D eigenvalue weighted by Crippen LogP contribution is 2.27. The molecule has 0 fully saturated rings. The summed E-state index contributed by atoms with van der Waals surface area (Å²) >= 11 is 6.33. The number of amides is 2. The van der Waals surface area contributed by atoms with E-state index in [1.54, 1.807) is 13.1 Å². The average molecular weight is 703 g/mol. The molecule has 1 aliphatic heterocycles. The SMILES string of the molecule is CC(C)Oc1ccc(C2=NC(Cc3ccc(-c4ccccc4)cc3)C(=O)N2)cc1Cl.CNC(=O)C(N)Cc1ccc(OCc2ccccc2)cc1. The molecule has 0 aromatic heterocycles. The number of likely N-dealkylation sites (N-methyl/N-ethyl adjacent to an activating group) is 1. The number of amidine groups is 1. The summed E-state index contributed by atoms with van der Waals surface area (Å²) in [4.78, 5) is 28.4. The van der Waals surface area contributed by atoms with E-state index in [0.717, 1.165) is 33.6 Å². The van der Waals surface area contributed by atoms with Crippen molar-refractivity contribution in [3.63, 3.8) is 0 Å². The van der Waals surface area contributed by atoms with E-state index in [1.807, 2.05) is 98.8 Å². The monoisotopic (exact) mass is 702 g/mol. The zero-order valence-electron chi connectivity index (χ0n) is 29.0. The van der Waals surface area contributed by atoms with Crippen molar-refractivity contribution in [3.05, 3.63) is 155 Å². The Morgan fingerprint density at radius 1 is 0.824 bits per heavy atom. The Hall–Kier alpha value is -5.44. The Labute approximate surface area is 304 Å². The molecule has 6 rings (SSSR count). The van der Waals surface area contributed by atoms with Crippen LogP contribution >= 0.6 is 11.6 Å². The maximum Gasteiger partial charge on any atom is 0.250 e. The Morgan fingerprint density at radius 3 is 2.06 bits per heavy atom. The predicted molar refractivity (Wildman–Crippen MR) is 204 cm³/mol. The van der Waals surface area contributed by atoms with Crippen LogP contribution in [0, 0.1) is 0 Å². The summed E-state index contributed by atoms with van der Waals surface area (Å²) in [5.41, 5.74) is 12.1. The number of aliphatic imine (C=N–C) groups is 1. The number of nitrogens with one attached hydrogen (secondary N) is 2. The normalized spacial score (nSPS) is 14.1. The third kappa shape index (κ3) is 10.8. The number of hydrogen-bond acceptors (Lipinski definition) is 6. The molecule has 9 heteroatoms. The van der Waals surface area contributed by atoms with Crippen LogP contribution in [0.3, 0.4) is 0 Å². The van der Waals surface area contributed by atoms with Gasteiger partial charge in [0, 0.05) is 19.0 Å². The standard InChI is InChI=1S/C25H23ClN2O2.C17H20N2O2/c1-16(2)30-23-13-12-20(15-21(23)26)24-27-22(25(29)28-24)14-17-8-10-19(11-9-17)18-6-4-3-5-7-18;1-19-17(20)16(18)11-13-7-9-15(10-8-13)21-12-14-5-3-2-4-6-14/h3-13,15-16,22H,14H2,1-2H3,(H,27,28,29);2-10,16H,11-12,18H2,1H3,(H,19,20). The number of halogens is 1. The number of carbonyl (C=O) groups is 2. The van der Waals surface area contributed by atoms with Crippen molar-refractivity contribution in [2.45, 2.75) is 51.5 Å². The molecule has 8 nitrogen and oxygen atoms in total. The first kappa shape index (κ1) is 36.8. The number of benzene rings is 5. The highest BCUT2D eigenvalue weighted by atomic mass is 35.5. The molecule has 2 atom stereocenters. The van der Waals surface area contributed by atoms with Gasteiger partial charge >= 0.3 is 0 Å². The lowest BCUT2D eigenvalue weighted by atomic mass is 10.0. The van der Waals surface area contributed by atoms with E-state index < -0.39 is 12.1 Å². The molecule has 0 aliphatic carbocycles. The van der Waals surface area contributed by atoms with Crippen LogP contribution in [0.15, 0.2) is 132 Å². The highest BCUT2D eigenvalue weighted by Gasteiger charge is 2.27. The van der Waals surface area contributed by atoms with E-state index in [9.17, 15) is 9.59 Å². The number of carbonyl (C=O) groups excluding carboxylic acids is 2. The molecule has 1 aliphatic rings. The third-order valence-corrected chi connectivity index (χ3v) is 8.39. The molecule has 5 aromatic carbocycles. The summed E-state index contributed by atoms with van der Waals surface area (Å²) in [5.74, 6) is 1.71. The Morgan fingerprint density at radius 2 is 1.43 bits per heavy atom. The molecule has 262 valence electrons. The van der Waals surface area contributed by atoms with Gasteiger partial charge in [-0.05, 0) is 78.4 Å². The number of nitrogens with two attached hydrogens (primary N) is 1. The second kappa shape index (κ2) is 18.0. The number of hydrogen-bond donors (Lipinski definition) is 3. The molecule has 0 bridgehead atoms. The minimum Gasteiger partial charge on any atom is -0.489 e. The first-order valence-corrected chi connectivity index (χ1v) is 17.3. The van der Waals surface area contributed by atoms with E-state index in [0.29, 0.717) is 36.1 Å². The van der Waals surface area contributed by atoms with Crippen molar-refractivity contribution in [2.24, 2.45) is 10.7 Å². The summed E-state index contributed by atoms with van der Waals surface area (Å²) in [6, 6.07) is 40.6. The topological polar surface area (TPSA) is 115 Å². The second-order valence-electron chi connectivity index (χ2n) is 12.4. The van der Waals surface area contributed by atoms with Crippen molar-refractivity contribution in [1.29, 1.82) is 0 Å². The second-order valence-corrected chi connectivity index (χ2v) is 12.8. The lowest BCUT2D eigenvalue weighted by Crippen LogP contribution is -2.40. The fourth-order valence-electron chi connectivity index (χ4n) is 5.41. The van der Waals surface area contributed by atoms with Crippen molar-refractivity contribution in [2.75, 3.05) is 7.05 Å². The molecule has 0 saturated heterocycles. The Bertz CT molecular complexity index is 1920. The van der Waals surface area contributed by atoms with Gasteiger partial charge in [-0.2, -0.15) is 0 Å². The molecule has 0 radical (unpaired) electrons. The zero-order valence-corrected chi connectivity index (χ0v) is 29.8. The lowest BCUT2D eigenvalue weighted by molar-refractivity contribution is -0.122. The molecule has 5 aromatic rings. The summed E-state index contributed by atoms with van der Waals surface area (Å²) in [6.45, 7) is 4.43. The van der Waals surface area contributed by atoms with Crippen LogP contribution < -0.4 is 25.8 Å². The zero-order chi connectivity index (χ0) is 36.2. The van der Waals surface area contributed by atoms with E-state index >= 15 is 0 Å². The maximum absolute atomic E-state index is 12.5. The fourth-order valence-corrected chi connectivity index (χ4v) is 5.64. The van der Waals surface area contributed by atoms with Gasteiger partial charge in [0.05, 0.1) is 17.2 Å². The van der Waals surface area contributed by atoms with E-state index in [1.165, 1.54) is 5.56 Å². The summed E-state index contributed by atoms with van der Waals surface area (Å²) in [5, 5.41) is 5.92. The van der Waals surface area contributed by atoms with Crippen molar-refractivity contribution >= 4 is 29.3 Å². The molecular weight excluding hydrogens is 660 g/mol. The van der Waals surface area contributed by atoms with Crippen molar-refractivity contribution in [3.8, 4) is 22.6 Å². The highest BCUT2D eigenvalue weighted by molar-refractivity contribution is 6.32. The van der Waals surface area contributed by atoms with E-state index in [2.05, 4.69) is 52.0 Å². The van der Waals surface area contributed by atoms with Crippen LogP contribution in [-0.2, 0) is 29.0 Å². The van der Waals surface area contributed by atoms with Crippen LogP contribution in [-0.4, -0.2) is 42.9 Å². The largest absolute Gasteiger partial charge is 0.489 e. The Balaban J connectivity index is 0.000000211.